The maximum absolute atomic E-state index is 12.2. The van der Waals surface area contributed by atoms with Crippen molar-refractivity contribution in [2.75, 3.05) is 5.73 Å². The molecule has 20 heavy (non-hydrogen) atoms. The molecule has 106 valence electrons. The normalized spacial score (nSPS) is 12.9. The molecule has 0 aliphatic carbocycles. The van der Waals surface area contributed by atoms with Crippen LogP contribution in [0, 0.1) is 5.41 Å². The minimum Gasteiger partial charge on any atom is -0.366 e. The number of nitrogens with two attached hydrogens (primary N) is 1. The fourth-order valence-electron chi connectivity index (χ4n) is 2.02. The molecule has 6 heteroatoms. The molecule has 0 aliphatic rings. The third-order valence-corrected chi connectivity index (χ3v) is 2.99. The minimum absolute atomic E-state index is 0.0576. The molecule has 0 spiro atoms. The highest BCUT2D eigenvalue weighted by molar-refractivity contribution is 5.90. The maximum Gasteiger partial charge on any atom is 0.289 e. The first-order valence-electron chi connectivity index (χ1n) is 6.41. The zero-order valence-electron chi connectivity index (χ0n) is 11.8. The van der Waals surface area contributed by atoms with Crippen molar-refractivity contribution in [3.05, 3.63) is 41.7 Å². The number of benzene rings is 1. The predicted molar refractivity (Wildman–Crippen MR) is 76.9 cm³/mol. The Morgan fingerprint density at radius 1 is 1.30 bits per heavy atom. The van der Waals surface area contributed by atoms with Gasteiger partial charge in [-0.1, -0.05) is 51.1 Å². The molecule has 1 aromatic carbocycles. The average Bonchev–Trinajstić information content (AvgIpc) is 2.82. The first kappa shape index (κ1) is 14.0. The molecule has 0 fully saturated rings. The van der Waals surface area contributed by atoms with Crippen molar-refractivity contribution in [3.63, 3.8) is 0 Å². The lowest BCUT2D eigenvalue weighted by Gasteiger charge is -2.31. The number of rotatable bonds is 3. The van der Waals surface area contributed by atoms with Gasteiger partial charge in [0.15, 0.2) is 0 Å². The molecule has 0 bridgehead atoms. The zero-order chi connectivity index (χ0) is 14.8. The lowest BCUT2D eigenvalue weighted by Crippen LogP contribution is -2.37. The van der Waals surface area contributed by atoms with Gasteiger partial charge in [0.1, 0.15) is 0 Å². The predicted octanol–water partition coefficient (Wildman–Crippen LogP) is 1.90. The van der Waals surface area contributed by atoms with Gasteiger partial charge in [0.05, 0.1) is 6.04 Å². The number of anilines is 1. The van der Waals surface area contributed by atoms with Crippen LogP contribution in [-0.4, -0.2) is 21.1 Å². The molecule has 4 N–H and O–H groups in total. The Morgan fingerprint density at radius 3 is 2.45 bits per heavy atom. The highest BCUT2D eigenvalue weighted by Crippen LogP contribution is 2.32. The summed E-state index contributed by atoms with van der Waals surface area (Å²) in [7, 11) is 0. The van der Waals surface area contributed by atoms with Gasteiger partial charge in [-0.25, -0.2) is 0 Å². The van der Waals surface area contributed by atoms with E-state index in [1.807, 2.05) is 30.3 Å². The average molecular weight is 273 g/mol. The number of H-pyrrole nitrogens is 1. The molecule has 0 saturated heterocycles. The molecule has 1 atom stereocenters. The number of amides is 1. The summed E-state index contributed by atoms with van der Waals surface area (Å²) in [5, 5.41) is 9.15. The van der Waals surface area contributed by atoms with Crippen molar-refractivity contribution in [1.29, 1.82) is 0 Å². The van der Waals surface area contributed by atoms with Gasteiger partial charge in [-0.05, 0) is 11.0 Å². The molecule has 2 rings (SSSR count). The zero-order valence-corrected chi connectivity index (χ0v) is 11.8. The monoisotopic (exact) mass is 273 g/mol. The number of nitrogens with one attached hydrogen (secondary N) is 2. The Labute approximate surface area is 117 Å². The Balaban J connectivity index is 2.23. The summed E-state index contributed by atoms with van der Waals surface area (Å²) in [5.41, 5.74) is 6.32. The molecule has 2 aromatic rings. The van der Waals surface area contributed by atoms with Crippen LogP contribution in [0.1, 0.15) is 43.0 Å². The minimum atomic E-state index is -0.321. The molecule has 6 nitrogen and oxygen atoms in total. The van der Waals surface area contributed by atoms with Crippen LogP contribution in [0.25, 0.3) is 0 Å². The van der Waals surface area contributed by atoms with Crippen LogP contribution >= 0.6 is 0 Å². The van der Waals surface area contributed by atoms with Crippen molar-refractivity contribution >= 4 is 11.9 Å². The largest absolute Gasteiger partial charge is 0.366 e. The van der Waals surface area contributed by atoms with Gasteiger partial charge in [-0.3, -0.25) is 9.89 Å². The Morgan fingerprint density at radius 2 is 1.95 bits per heavy atom. The molecule has 1 aromatic heterocycles. The SMILES string of the molecule is CC(C)(C)C(NC(=O)c1nc(N)n[nH]1)c1ccccc1. The van der Waals surface area contributed by atoms with E-state index < -0.39 is 0 Å². The van der Waals surface area contributed by atoms with Crippen LogP contribution in [0.15, 0.2) is 30.3 Å². The fourth-order valence-corrected chi connectivity index (χ4v) is 2.02. The van der Waals surface area contributed by atoms with E-state index in [2.05, 4.69) is 41.3 Å². The number of nitrogen functional groups attached to an aromatic ring is 1. The highest BCUT2D eigenvalue weighted by Gasteiger charge is 2.28. The second-order valence-corrected chi connectivity index (χ2v) is 5.73. The Bertz CT molecular complexity index is 585. The van der Waals surface area contributed by atoms with Crippen molar-refractivity contribution in [2.45, 2.75) is 26.8 Å². The Kier molecular flexibility index (Phi) is 3.74. The van der Waals surface area contributed by atoms with E-state index in [4.69, 9.17) is 5.73 Å². The van der Waals surface area contributed by atoms with Crippen LogP contribution < -0.4 is 11.1 Å². The van der Waals surface area contributed by atoms with Crippen molar-refractivity contribution in [1.82, 2.24) is 20.5 Å². The third-order valence-electron chi connectivity index (χ3n) is 2.99. The van der Waals surface area contributed by atoms with Crippen molar-refractivity contribution in [3.8, 4) is 0 Å². The van der Waals surface area contributed by atoms with Crippen LogP contribution in [0.3, 0.4) is 0 Å². The molecule has 1 unspecified atom stereocenters. The molecule has 1 heterocycles. The maximum atomic E-state index is 12.2. The van der Waals surface area contributed by atoms with Gasteiger partial charge < -0.3 is 11.1 Å². The molecule has 0 saturated carbocycles. The molecule has 1 amide bonds. The van der Waals surface area contributed by atoms with Crippen LogP contribution in [0.2, 0.25) is 0 Å². The van der Waals surface area contributed by atoms with E-state index in [0.717, 1.165) is 5.56 Å². The topological polar surface area (TPSA) is 96.7 Å². The van der Waals surface area contributed by atoms with Gasteiger partial charge in [0.25, 0.3) is 5.91 Å². The van der Waals surface area contributed by atoms with Gasteiger partial charge in [-0.15, -0.1) is 5.10 Å². The van der Waals surface area contributed by atoms with Gasteiger partial charge in [0, 0.05) is 0 Å². The standard InChI is InChI=1S/C14H19N5O/c1-14(2,3)10(9-7-5-4-6-8-9)16-12(20)11-17-13(15)19-18-11/h4-8,10H,1-3H3,(H,16,20)(H3,15,17,18,19). The summed E-state index contributed by atoms with van der Waals surface area (Å²) in [5.74, 6) is -0.146. The first-order valence-corrected chi connectivity index (χ1v) is 6.41. The number of aromatic nitrogens is 3. The van der Waals surface area contributed by atoms with Gasteiger partial charge >= 0.3 is 0 Å². The lowest BCUT2D eigenvalue weighted by molar-refractivity contribution is 0.0891. The molecule has 0 aliphatic heterocycles. The summed E-state index contributed by atoms with van der Waals surface area (Å²) in [6, 6.07) is 9.69. The smallest absolute Gasteiger partial charge is 0.289 e. The number of carbonyl (C=O) groups is 1. The second-order valence-electron chi connectivity index (χ2n) is 5.73. The Hall–Kier alpha value is -2.37. The van der Waals surface area contributed by atoms with Crippen LogP contribution in [-0.2, 0) is 0 Å². The summed E-state index contributed by atoms with van der Waals surface area (Å²) < 4.78 is 0. The van der Waals surface area contributed by atoms with Crippen LogP contribution in [0.4, 0.5) is 5.95 Å². The first-order chi connectivity index (χ1) is 9.38. The van der Waals surface area contributed by atoms with Crippen molar-refractivity contribution < 1.29 is 4.79 Å². The third kappa shape index (κ3) is 3.14. The molecular weight excluding hydrogens is 254 g/mol. The van der Waals surface area contributed by atoms with Crippen molar-refractivity contribution in [2.24, 2.45) is 5.41 Å². The second kappa shape index (κ2) is 5.32. The highest BCUT2D eigenvalue weighted by atomic mass is 16.2. The van der Waals surface area contributed by atoms with E-state index in [1.54, 1.807) is 0 Å². The molecule has 0 radical (unpaired) electrons. The molecular formula is C14H19N5O. The number of hydrogen-bond donors (Lipinski definition) is 3. The lowest BCUT2D eigenvalue weighted by atomic mass is 9.82. The van der Waals surface area contributed by atoms with E-state index in [0.29, 0.717) is 0 Å². The summed E-state index contributed by atoms with van der Waals surface area (Å²) >= 11 is 0. The van der Waals surface area contributed by atoms with Crippen LogP contribution in [0.5, 0.6) is 0 Å². The fraction of sp³-hybridized carbons (Fsp3) is 0.357. The van der Waals surface area contributed by atoms with Gasteiger partial charge in [0.2, 0.25) is 11.8 Å². The summed E-state index contributed by atoms with van der Waals surface area (Å²) in [4.78, 5) is 16.0. The quantitative estimate of drug-likeness (QED) is 0.795. The summed E-state index contributed by atoms with van der Waals surface area (Å²) in [6.45, 7) is 6.21. The number of nitrogens with zero attached hydrogens (tertiary/aromatic N) is 2. The van der Waals surface area contributed by atoms with E-state index in [9.17, 15) is 4.79 Å². The number of hydrogen-bond acceptors (Lipinski definition) is 4. The number of aromatic amines is 1. The van der Waals surface area contributed by atoms with E-state index in [-0.39, 0.29) is 29.1 Å². The van der Waals surface area contributed by atoms with E-state index in [1.165, 1.54) is 0 Å². The van der Waals surface area contributed by atoms with Gasteiger partial charge in [-0.2, -0.15) is 4.98 Å². The van der Waals surface area contributed by atoms with E-state index >= 15 is 0 Å². The number of carbonyl (C=O) groups excluding carboxylic acids is 1. The summed E-state index contributed by atoms with van der Waals surface area (Å²) in [6.07, 6.45) is 0.